The molecule has 0 radical (unpaired) electrons. The Balaban J connectivity index is 1.35. The van der Waals surface area contributed by atoms with E-state index < -0.39 is 0 Å². The van der Waals surface area contributed by atoms with Gasteiger partial charge in [0.2, 0.25) is 5.91 Å². The number of methoxy groups -OCH3 is 2. The number of hydrogen-bond acceptors (Lipinski definition) is 5. The molecule has 1 saturated heterocycles. The van der Waals surface area contributed by atoms with E-state index in [1.165, 1.54) is 0 Å². The molecule has 0 saturated carbocycles. The number of amides is 1. The molecule has 0 aliphatic carbocycles. The molecule has 6 heteroatoms. The van der Waals surface area contributed by atoms with Gasteiger partial charge in [-0.05, 0) is 67.3 Å². The van der Waals surface area contributed by atoms with Crippen LogP contribution in [0.15, 0.2) is 36.5 Å². The predicted molar refractivity (Wildman–Crippen MR) is 121 cm³/mol. The summed E-state index contributed by atoms with van der Waals surface area (Å²) in [6.45, 7) is 5.92. The van der Waals surface area contributed by atoms with Crippen LogP contribution in [-0.2, 0) is 17.6 Å². The highest BCUT2D eigenvalue weighted by Gasteiger charge is 2.27. The standard InChI is InChI=1S/C25H31N3O3/c1-18-5-4-6-22(26-18)9-11-27-10-7-19(16-27)17-28-12-8-20-13-23(30-2)24(31-3)14-21(20)15-25(28)29/h4-6,8,12-14,19H,7,9-11,15-17H2,1-3H3. The van der Waals surface area contributed by atoms with Crippen molar-refractivity contribution in [2.75, 3.05) is 40.4 Å². The fraction of sp³-hybridized carbons (Fsp3) is 0.440. The Hall–Kier alpha value is -2.86. The molecule has 31 heavy (non-hydrogen) atoms. The number of carbonyl (C=O) groups excluding carboxylic acids is 1. The number of carbonyl (C=O) groups is 1. The minimum absolute atomic E-state index is 0.129. The number of ether oxygens (including phenoxy) is 2. The van der Waals surface area contributed by atoms with Crippen molar-refractivity contribution in [1.82, 2.24) is 14.8 Å². The lowest BCUT2D eigenvalue weighted by atomic mass is 10.0. The topological polar surface area (TPSA) is 54.9 Å². The van der Waals surface area contributed by atoms with E-state index in [4.69, 9.17) is 9.47 Å². The number of nitrogens with zero attached hydrogens (tertiary/aromatic N) is 3. The summed E-state index contributed by atoms with van der Waals surface area (Å²) in [5.41, 5.74) is 4.20. The first kappa shape index (κ1) is 21.4. The number of hydrogen-bond donors (Lipinski definition) is 0. The Kier molecular flexibility index (Phi) is 6.56. The molecule has 2 aliphatic rings. The van der Waals surface area contributed by atoms with Crippen LogP contribution in [0.5, 0.6) is 11.5 Å². The minimum Gasteiger partial charge on any atom is -0.493 e. The molecule has 2 aromatic rings. The van der Waals surface area contributed by atoms with Crippen molar-refractivity contribution in [2.45, 2.75) is 26.2 Å². The van der Waals surface area contributed by atoms with Crippen LogP contribution in [0.2, 0.25) is 0 Å². The SMILES string of the molecule is COc1cc2c(cc1OC)CC(=O)N(CC1CCN(CCc3cccc(C)n3)C1)C=C2. The van der Waals surface area contributed by atoms with Crippen molar-refractivity contribution in [3.8, 4) is 11.5 Å². The smallest absolute Gasteiger partial charge is 0.230 e. The Morgan fingerprint density at radius 3 is 2.74 bits per heavy atom. The lowest BCUT2D eigenvalue weighted by molar-refractivity contribution is -0.128. The maximum Gasteiger partial charge on any atom is 0.230 e. The molecule has 1 atom stereocenters. The van der Waals surface area contributed by atoms with Gasteiger partial charge in [-0.25, -0.2) is 0 Å². The molecule has 1 fully saturated rings. The molecule has 1 amide bonds. The van der Waals surface area contributed by atoms with Gasteiger partial charge in [-0.2, -0.15) is 0 Å². The third-order valence-electron chi connectivity index (χ3n) is 6.20. The molecule has 0 N–H and O–H groups in total. The lowest BCUT2D eigenvalue weighted by Gasteiger charge is -2.22. The summed E-state index contributed by atoms with van der Waals surface area (Å²) >= 11 is 0. The van der Waals surface area contributed by atoms with Crippen LogP contribution < -0.4 is 9.47 Å². The highest BCUT2D eigenvalue weighted by Crippen LogP contribution is 2.33. The summed E-state index contributed by atoms with van der Waals surface area (Å²) in [6, 6.07) is 10.1. The molecule has 0 bridgehead atoms. The monoisotopic (exact) mass is 421 g/mol. The number of aromatic nitrogens is 1. The first-order chi connectivity index (χ1) is 15.1. The molecule has 164 valence electrons. The number of likely N-dealkylation sites (tertiary alicyclic amines) is 1. The Morgan fingerprint density at radius 2 is 1.97 bits per heavy atom. The van der Waals surface area contributed by atoms with E-state index >= 15 is 0 Å². The van der Waals surface area contributed by atoms with Gasteiger partial charge in [0.05, 0.1) is 20.6 Å². The average molecular weight is 422 g/mol. The van der Waals surface area contributed by atoms with Gasteiger partial charge in [-0.1, -0.05) is 6.07 Å². The molecule has 3 heterocycles. The highest BCUT2D eigenvalue weighted by atomic mass is 16.5. The fourth-order valence-corrected chi connectivity index (χ4v) is 4.48. The van der Waals surface area contributed by atoms with E-state index in [1.54, 1.807) is 14.2 Å². The quantitative estimate of drug-likeness (QED) is 0.686. The zero-order valence-electron chi connectivity index (χ0n) is 18.6. The molecule has 1 unspecified atom stereocenters. The first-order valence-electron chi connectivity index (χ1n) is 10.9. The lowest BCUT2D eigenvalue weighted by Crippen LogP contribution is -2.33. The maximum absolute atomic E-state index is 12.9. The van der Waals surface area contributed by atoms with Crippen molar-refractivity contribution < 1.29 is 14.3 Å². The van der Waals surface area contributed by atoms with Crippen molar-refractivity contribution in [3.05, 3.63) is 59.0 Å². The molecule has 1 aromatic heterocycles. The largest absolute Gasteiger partial charge is 0.493 e. The Bertz CT molecular complexity index is 972. The van der Waals surface area contributed by atoms with Crippen LogP contribution in [0.25, 0.3) is 6.08 Å². The molecule has 1 aromatic carbocycles. The van der Waals surface area contributed by atoms with Crippen molar-refractivity contribution >= 4 is 12.0 Å². The third-order valence-corrected chi connectivity index (χ3v) is 6.20. The maximum atomic E-state index is 12.9. The van der Waals surface area contributed by atoms with Gasteiger partial charge in [0.25, 0.3) is 0 Å². The zero-order chi connectivity index (χ0) is 21.8. The van der Waals surface area contributed by atoms with Crippen molar-refractivity contribution in [1.29, 1.82) is 0 Å². The third kappa shape index (κ3) is 5.07. The Labute approximate surface area is 184 Å². The number of aryl methyl sites for hydroxylation is 1. The number of pyridine rings is 1. The van der Waals surface area contributed by atoms with Gasteiger partial charge >= 0.3 is 0 Å². The summed E-state index contributed by atoms with van der Waals surface area (Å²) in [5, 5.41) is 0. The molecule has 2 aliphatic heterocycles. The second kappa shape index (κ2) is 9.52. The van der Waals surface area contributed by atoms with Crippen molar-refractivity contribution in [2.24, 2.45) is 5.92 Å². The summed E-state index contributed by atoms with van der Waals surface area (Å²) in [5.74, 6) is 1.96. The van der Waals surface area contributed by atoms with Crippen LogP contribution in [0.3, 0.4) is 0 Å². The van der Waals surface area contributed by atoms with Crippen LogP contribution in [0.4, 0.5) is 0 Å². The van der Waals surface area contributed by atoms with Crippen LogP contribution >= 0.6 is 0 Å². The van der Waals surface area contributed by atoms with Crippen LogP contribution in [0.1, 0.15) is 28.9 Å². The summed E-state index contributed by atoms with van der Waals surface area (Å²) in [6.07, 6.45) is 6.40. The number of fused-ring (bicyclic) bond motifs is 1. The van der Waals surface area contributed by atoms with E-state index in [0.717, 1.165) is 61.5 Å². The van der Waals surface area contributed by atoms with Gasteiger partial charge in [-0.15, -0.1) is 0 Å². The summed E-state index contributed by atoms with van der Waals surface area (Å²) in [4.78, 5) is 21.9. The Morgan fingerprint density at radius 1 is 1.16 bits per heavy atom. The van der Waals surface area contributed by atoms with Gasteiger partial charge < -0.3 is 19.3 Å². The van der Waals surface area contributed by atoms with Gasteiger partial charge in [-0.3, -0.25) is 9.78 Å². The first-order valence-corrected chi connectivity index (χ1v) is 10.9. The van der Waals surface area contributed by atoms with Crippen LogP contribution in [-0.4, -0.2) is 61.1 Å². The minimum atomic E-state index is 0.129. The number of benzene rings is 1. The molecular formula is C25H31N3O3. The van der Waals surface area contributed by atoms with Gasteiger partial charge in [0, 0.05) is 43.6 Å². The molecular weight excluding hydrogens is 390 g/mol. The average Bonchev–Trinajstić information content (AvgIpc) is 3.16. The normalized spacial score (nSPS) is 18.7. The van der Waals surface area contributed by atoms with E-state index in [2.05, 4.69) is 22.0 Å². The molecule has 4 rings (SSSR count). The highest BCUT2D eigenvalue weighted by molar-refractivity contribution is 5.84. The van der Waals surface area contributed by atoms with E-state index in [-0.39, 0.29) is 5.91 Å². The fourth-order valence-electron chi connectivity index (χ4n) is 4.48. The second-order valence-electron chi connectivity index (χ2n) is 8.42. The molecule has 6 nitrogen and oxygen atoms in total. The van der Waals surface area contributed by atoms with E-state index in [9.17, 15) is 4.79 Å². The van der Waals surface area contributed by atoms with Gasteiger partial charge in [0.15, 0.2) is 11.5 Å². The van der Waals surface area contributed by atoms with E-state index in [1.807, 2.05) is 42.3 Å². The second-order valence-corrected chi connectivity index (χ2v) is 8.42. The summed E-state index contributed by atoms with van der Waals surface area (Å²) in [7, 11) is 3.24. The predicted octanol–water partition coefficient (Wildman–Crippen LogP) is 3.33. The summed E-state index contributed by atoms with van der Waals surface area (Å²) < 4.78 is 10.8. The number of rotatable bonds is 7. The van der Waals surface area contributed by atoms with E-state index in [0.29, 0.717) is 23.8 Å². The van der Waals surface area contributed by atoms with Crippen molar-refractivity contribution in [3.63, 3.8) is 0 Å². The zero-order valence-corrected chi connectivity index (χ0v) is 18.6. The van der Waals surface area contributed by atoms with Gasteiger partial charge in [0.1, 0.15) is 0 Å². The van der Waals surface area contributed by atoms with Crippen LogP contribution in [0, 0.1) is 12.8 Å². The molecule has 0 spiro atoms.